The first kappa shape index (κ1) is 32.8. The second-order valence-corrected chi connectivity index (χ2v) is 13.3. The summed E-state index contributed by atoms with van der Waals surface area (Å²) in [6, 6.07) is 18.1. The van der Waals surface area contributed by atoms with E-state index in [1.54, 1.807) is 0 Å². The highest BCUT2D eigenvalue weighted by Gasteiger charge is 2.62. The number of hydrogen-bond donors (Lipinski definition) is 0. The Balaban J connectivity index is 1.10. The van der Waals surface area contributed by atoms with Gasteiger partial charge in [-0.25, -0.2) is 0 Å². The molecule has 3 aromatic rings. The van der Waals surface area contributed by atoms with Crippen LogP contribution in [0.1, 0.15) is 71.1 Å². The lowest BCUT2D eigenvalue weighted by atomic mass is 9.67. The first-order valence-corrected chi connectivity index (χ1v) is 17.8. The fourth-order valence-electron chi connectivity index (χ4n) is 7.18. The topological polar surface area (TPSA) is 96.9 Å². The van der Waals surface area contributed by atoms with Gasteiger partial charge >= 0.3 is 5.71 Å². The quantitative estimate of drug-likeness (QED) is 0.0719. The highest BCUT2D eigenvalue weighted by atomic mass is 35.5. The van der Waals surface area contributed by atoms with Crippen molar-refractivity contribution in [2.75, 3.05) is 74.9 Å². The van der Waals surface area contributed by atoms with Gasteiger partial charge in [-0.15, -0.1) is 11.6 Å². The van der Waals surface area contributed by atoms with Crippen molar-refractivity contribution in [3.05, 3.63) is 87.9 Å². The number of ketones is 1. The molecule has 0 unspecified atom stereocenters. The zero-order chi connectivity index (χ0) is 32.9. The average Bonchev–Trinajstić information content (AvgIpc) is 3.28. The standard InChI is InChI=1S/C38H43ClN4O5/c39-13-3-1-2-4-18-45-19-20-46-21-22-47-26-27-7-10-30-33(23-27)38(37(41-40)36(30)44)31-11-8-28(42-14-5-15-42)24-34(31)48-35-25-29(9-12-32(35)38)43-16-6-17-43/h7-12,23-25H,1-6,13-22,26H2. The minimum atomic E-state index is -1.13. The number of hydrogen-bond acceptors (Lipinski definition) is 7. The molecular weight excluding hydrogens is 628 g/mol. The molecule has 3 aliphatic heterocycles. The van der Waals surface area contributed by atoms with Crippen molar-refractivity contribution in [1.82, 2.24) is 0 Å². The lowest BCUT2D eigenvalue weighted by Gasteiger charge is -2.39. The second kappa shape index (κ2) is 14.8. The summed E-state index contributed by atoms with van der Waals surface area (Å²) in [7, 11) is 0. The van der Waals surface area contributed by atoms with Gasteiger partial charge in [0.15, 0.2) is 5.41 Å². The van der Waals surface area contributed by atoms with E-state index in [0.717, 1.165) is 111 Å². The molecule has 1 spiro atoms. The van der Waals surface area contributed by atoms with E-state index in [9.17, 15) is 10.3 Å². The number of ether oxygens (including phenoxy) is 4. The van der Waals surface area contributed by atoms with E-state index in [0.29, 0.717) is 50.1 Å². The molecule has 2 fully saturated rings. The van der Waals surface area contributed by atoms with E-state index < -0.39 is 5.41 Å². The third-order valence-electron chi connectivity index (χ3n) is 9.99. The molecule has 0 N–H and O–H groups in total. The Labute approximate surface area is 287 Å². The molecule has 3 heterocycles. The molecule has 0 atom stereocenters. The Hall–Kier alpha value is -3.72. The molecule has 10 heteroatoms. The monoisotopic (exact) mass is 670 g/mol. The van der Waals surface area contributed by atoms with Crippen molar-refractivity contribution < 1.29 is 28.5 Å². The zero-order valence-electron chi connectivity index (χ0n) is 27.4. The summed E-state index contributed by atoms with van der Waals surface area (Å²) in [5, 5.41) is 0. The molecule has 1 aliphatic carbocycles. The summed E-state index contributed by atoms with van der Waals surface area (Å²) in [5.41, 5.74) is 15.4. The molecule has 2 saturated heterocycles. The van der Waals surface area contributed by atoms with Gasteiger partial charge in [0.05, 0.1) is 33.0 Å². The zero-order valence-corrected chi connectivity index (χ0v) is 28.2. The molecule has 9 nitrogen and oxygen atoms in total. The Morgan fingerprint density at radius 1 is 0.729 bits per heavy atom. The van der Waals surface area contributed by atoms with Crippen LogP contribution in [0, 0.1) is 0 Å². The van der Waals surface area contributed by atoms with Crippen molar-refractivity contribution in [2.24, 2.45) is 0 Å². The van der Waals surface area contributed by atoms with E-state index in [-0.39, 0.29) is 11.5 Å². The average molecular weight is 671 g/mol. The first-order valence-electron chi connectivity index (χ1n) is 17.3. The molecule has 0 radical (unpaired) electrons. The van der Waals surface area contributed by atoms with Gasteiger partial charge in [0.25, 0.3) is 5.78 Å². The van der Waals surface area contributed by atoms with Crippen LogP contribution < -0.4 is 14.5 Å². The van der Waals surface area contributed by atoms with Gasteiger partial charge in [-0.3, -0.25) is 4.79 Å². The third-order valence-corrected chi connectivity index (χ3v) is 10.3. The van der Waals surface area contributed by atoms with Gasteiger partial charge in [0, 0.05) is 78.9 Å². The van der Waals surface area contributed by atoms with Crippen LogP contribution >= 0.6 is 11.6 Å². The first-order chi connectivity index (χ1) is 23.6. The van der Waals surface area contributed by atoms with E-state index in [1.165, 1.54) is 0 Å². The highest BCUT2D eigenvalue weighted by molar-refractivity contribution is 6.52. The van der Waals surface area contributed by atoms with Crippen LogP contribution in [0.2, 0.25) is 0 Å². The van der Waals surface area contributed by atoms with Crippen LogP contribution in [-0.2, 0) is 26.2 Å². The third kappa shape index (κ3) is 6.14. The highest BCUT2D eigenvalue weighted by Crippen LogP contribution is 2.57. The van der Waals surface area contributed by atoms with Crippen LogP contribution in [0.3, 0.4) is 0 Å². The molecule has 252 valence electrons. The smallest absolute Gasteiger partial charge is 0.358 e. The summed E-state index contributed by atoms with van der Waals surface area (Å²) in [6.45, 7) is 7.09. The molecule has 4 aliphatic rings. The van der Waals surface area contributed by atoms with Crippen molar-refractivity contribution in [2.45, 2.75) is 50.5 Å². The lowest BCUT2D eigenvalue weighted by Crippen LogP contribution is -2.41. The van der Waals surface area contributed by atoms with Crippen LogP contribution in [0.15, 0.2) is 54.6 Å². The van der Waals surface area contributed by atoms with Gasteiger partial charge in [0.1, 0.15) is 11.5 Å². The molecule has 48 heavy (non-hydrogen) atoms. The van der Waals surface area contributed by atoms with Gasteiger partial charge < -0.3 is 34.3 Å². The van der Waals surface area contributed by atoms with Gasteiger partial charge in [0.2, 0.25) is 0 Å². The maximum Gasteiger partial charge on any atom is 0.358 e. The number of Topliss-reactive ketones (excluding diaryl/α,β-unsaturated/α-hetero) is 1. The fraction of sp³-hybridized carbons (Fsp3) is 0.474. The number of fused-ring (bicyclic) bond motifs is 6. The van der Waals surface area contributed by atoms with Gasteiger partial charge in [-0.2, -0.15) is 4.79 Å². The number of anilines is 2. The lowest BCUT2D eigenvalue weighted by molar-refractivity contribution is -0.0118. The van der Waals surface area contributed by atoms with Crippen LogP contribution in [-0.4, -0.2) is 81.4 Å². The number of benzene rings is 3. The Bertz CT molecular complexity index is 1630. The van der Waals surface area contributed by atoms with E-state index >= 15 is 0 Å². The minimum absolute atomic E-state index is 0.0839. The van der Waals surface area contributed by atoms with Crippen LogP contribution in [0.4, 0.5) is 11.4 Å². The molecule has 3 aromatic carbocycles. The maximum absolute atomic E-state index is 14.0. The summed E-state index contributed by atoms with van der Waals surface area (Å²) in [5.74, 6) is 1.77. The number of alkyl halides is 1. The van der Waals surface area contributed by atoms with Crippen LogP contribution in [0.5, 0.6) is 11.5 Å². The molecule has 0 bridgehead atoms. The van der Waals surface area contributed by atoms with Crippen molar-refractivity contribution in [3.8, 4) is 11.5 Å². The number of rotatable bonds is 16. The minimum Gasteiger partial charge on any atom is -0.457 e. The van der Waals surface area contributed by atoms with Crippen molar-refractivity contribution >= 4 is 34.5 Å². The predicted molar refractivity (Wildman–Crippen MR) is 186 cm³/mol. The number of carbonyl (C=O) groups excluding carboxylic acids is 1. The summed E-state index contributed by atoms with van der Waals surface area (Å²) in [6.07, 6.45) is 6.71. The number of unbranched alkanes of at least 4 members (excludes halogenated alkanes) is 3. The normalized spacial score (nSPS) is 16.9. The van der Waals surface area contributed by atoms with Crippen LogP contribution in [0.25, 0.3) is 5.53 Å². The second-order valence-electron chi connectivity index (χ2n) is 12.9. The molecule has 7 rings (SSSR count). The van der Waals surface area contributed by atoms with E-state index in [2.05, 4.69) is 38.9 Å². The number of carbonyl (C=O) groups is 1. The largest absolute Gasteiger partial charge is 0.457 e. The molecule has 0 saturated carbocycles. The van der Waals surface area contributed by atoms with Gasteiger partial charge in [-0.1, -0.05) is 43.2 Å². The summed E-state index contributed by atoms with van der Waals surface area (Å²) in [4.78, 5) is 22.3. The van der Waals surface area contributed by atoms with E-state index in [1.807, 2.05) is 30.3 Å². The number of nitrogens with zero attached hydrogens (tertiary/aromatic N) is 4. The van der Waals surface area contributed by atoms with Crippen molar-refractivity contribution in [3.63, 3.8) is 0 Å². The SMILES string of the molecule is [N-]=[N+]=C1C(=O)c2ccc(COCCOCCOCCCCCCCl)cc2C12c1ccc(N3CCC3)cc1Oc1cc(N3CCC3)ccc12. The Kier molecular flexibility index (Phi) is 10.1. The molecule has 0 amide bonds. The fourth-order valence-corrected chi connectivity index (χ4v) is 7.37. The summed E-state index contributed by atoms with van der Waals surface area (Å²) >= 11 is 5.72. The summed E-state index contributed by atoms with van der Waals surface area (Å²) < 4.78 is 24.0. The van der Waals surface area contributed by atoms with Crippen molar-refractivity contribution in [1.29, 1.82) is 0 Å². The number of halogens is 1. The molecule has 0 aromatic heterocycles. The van der Waals surface area contributed by atoms with Gasteiger partial charge in [-0.05, 0) is 48.9 Å². The van der Waals surface area contributed by atoms with E-state index in [4.69, 9.17) is 30.5 Å². The maximum atomic E-state index is 14.0. The Morgan fingerprint density at radius 3 is 1.92 bits per heavy atom. The predicted octanol–water partition coefficient (Wildman–Crippen LogP) is 6.76. The molecular formula is C38H43ClN4O5. The Morgan fingerprint density at radius 2 is 1.33 bits per heavy atom.